The number of hydrogen-bond acceptors (Lipinski definition) is 5. The van der Waals surface area contributed by atoms with Gasteiger partial charge in [-0.3, -0.25) is 9.78 Å². The number of ketones is 1. The summed E-state index contributed by atoms with van der Waals surface area (Å²) in [6, 6.07) is 2.18. The van der Waals surface area contributed by atoms with Gasteiger partial charge in [-0.2, -0.15) is 11.8 Å². The van der Waals surface area contributed by atoms with Crippen LogP contribution in [0.1, 0.15) is 69.7 Å². The summed E-state index contributed by atoms with van der Waals surface area (Å²) in [6.07, 6.45) is 11.4. The van der Waals surface area contributed by atoms with E-state index in [-0.39, 0.29) is 18.5 Å². The van der Waals surface area contributed by atoms with E-state index in [2.05, 4.69) is 19.9 Å². The number of carbonyl (C=O) groups is 1. The molecule has 1 heterocycles. The number of methoxy groups -OCH3 is 1. The average molecular weight is 434 g/mol. The molecule has 30 heavy (non-hydrogen) atoms. The van der Waals surface area contributed by atoms with Crippen molar-refractivity contribution in [3.05, 3.63) is 29.1 Å². The van der Waals surface area contributed by atoms with Gasteiger partial charge in [-0.15, -0.1) is 0 Å². The molecule has 3 atom stereocenters. The van der Waals surface area contributed by atoms with E-state index in [0.717, 1.165) is 48.3 Å². The van der Waals surface area contributed by atoms with Gasteiger partial charge in [0.25, 0.3) is 0 Å². The summed E-state index contributed by atoms with van der Waals surface area (Å²) in [7, 11) is 1.62. The van der Waals surface area contributed by atoms with Gasteiger partial charge < -0.3 is 9.47 Å². The smallest absolute Gasteiger partial charge is 0.162 e. The Balaban J connectivity index is 1.78. The first-order valence-electron chi connectivity index (χ1n) is 11.7. The average Bonchev–Trinajstić information content (AvgIpc) is 3.46. The SMILES string of the molecule is CCCSCC(C)C(Cc1nccc2c1C[C@H](CCC1CC1)C2)(OCOC)C(C)=O. The Morgan fingerprint density at radius 1 is 1.30 bits per heavy atom. The Morgan fingerprint density at radius 3 is 2.73 bits per heavy atom. The van der Waals surface area contributed by atoms with Crippen molar-refractivity contribution in [1.82, 2.24) is 4.98 Å². The zero-order chi connectivity index (χ0) is 21.6. The number of carbonyl (C=O) groups excluding carboxylic acids is 1. The highest BCUT2D eigenvalue weighted by Gasteiger charge is 2.44. The Morgan fingerprint density at radius 2 is 2.07 bits per heavy atom. The molecule has 5 heteroatoms. The number of ether oxygens (including phenoxy) is 2. The van der Waals surface area contributed by atoms with Crippen LogP contribution in [0.15, 0.2) is 12.3 Å². The third kappa shape index (κ3) is 5.86. The molecular formula is C25H39NO3S. The molecule has 0 amide bonds. The van der Waals surface area contributed by atoms with Crippen LogP contribution in [0.4, 0.5) is 0 Å². The van der Waals surface area contributed by atoms with Crippen LogP contribution in [-0.2, 0) is 33.5 Å². The topological polar surface area (TPSA) is 48.4 Å². The molecule has 0 aliphatic heterocycles. The number of hydrogen-bond donors (Lipinski definition) is 0. The van der Waals surface area contributed by atoms with Gasteiger partial charge in [-0.1, -0.05) is 33.1 Å². The van der Waals surface area contributed by atoms with Gasteiger partial charge in [0.15, 0.2) is 5.78 Å². The number of fused-ring (bicyclic) bond motifs is 1. The number of aromatic nitrogens is 1. The van der Waals surface area contributed by atoms with Crippen LogP contribution in [-0.4, -0.2) is 41.8 Å². The minimum atomic E-state index is -0.884. The van der Waals surface area contributed by atoms with Gasteiger partial charge in [-0.05, 0) is 73.1 Å². The lowest BCUT2D eigenvalue weighted by molar-refractivity contribution is -0.171. The van der Waals surface area contributed by atoms with E-state index in [0.29, 0.717) is 6.42 Å². The molecule has 2 unspecified atom stereocenters. The van der Waals surface area contributed by atoms with Crippen molar-refractivity contribution >= 4 is 17.5 Å². The van der Waals surface area contributed by atoms with E-state index >= 15 is 0 Å². The van der Waals surface area contributed by atoms with Crippen molar-refractivity contribution in [2.24, 2.45) is 17.8 Å². The monoisotopic (exact) mass is 433 g/mol. The van der Waals surface area contributed by atoms with E-state index in [1.165, 1.54) is 36.8 Å². The number of pyridine rings is 1. The number of Topliss-reactive ketones (excluding diaryl/α,β-unsaturated/α-hetero) is 1. The maximum Gasteiger partial charge on any atom is 0.162 e. The third-order valence-corrected chi connectivity index (χ3v) is 8.33. The molecule has 0 radical (unpaired) electrons. The first-order chi connectivity index (χ1) is 14.5. The summed E-state index contributed by atoms with van der Waals surface area (Å²) in [5.41, 5.74) is 2.97. The fraction of sp³-hybridized carbons (Fsp3) is 0.760. The molecule has 1 saturated carbocycles. The predicted octanol–water partition coefficient (Wildman–Crippen LogP) is 5.26. The van der Waals surface area contributed by atoms with Gasteiger partial charge in [-0.25, -0.2) is 0 Å². The predicted molar refractivity (Wildman–Crippen MR) is 124 cm³/mol. The summed E-state index contributed by atoms with van der Waals surface area (Å²) in [5.74, 6) is 3.88. The van der Waals surface area contributed by atoms with Crippen LogP contribution < -0.4 is 0 Å². The molecule has 2 aliphatic rings. The van der Waals surface area contributed by atoms with Crippen LogP contribution in [0.5, 0.6) is 0 Å². The Hall–Kier alpha value is -0.910. The Bertz CT molecular complexity index is 706. The normalized spacial score (nSPS) is 21.3. The molecule has 1 fully saturated rings. The summed E-state index contributed by atoms with van der Waals surface area (Å²) in [5, 5.41) is 0. The van der Waals surface area contributed by atoms with E-state index in [9.17, 15) is 4.79 Å². The van der Waals surface area contributed by atoms with Crippen molar-refractivity contribution < 1.29 is 14.3 Å². The van der Waals surface area contributed by atoms with E-state index < -0.39 is 5.60 Å². The highest BCUT2D eigenvalue weighted by Crippen LogP contribution is 2.39. The molecule has 0 saturated heterocycles. The lowest BCUT2D eigenvalue weighted by Crippen LogP contribution is -2.50. The first-order valence-corrected chi connectivity index (χ1v) is 12.8. The van der Waals surface area contributed by atoms with Crippen molar-refractivity contribution in [3.63, 3.8) is 0 Å². The maximum atomic E-state index is 13.0. The molecule has 4 nitrogen and oxygen atoms in total. The van der Waals surface area contributed by atoms with Crippen molar-refractivity contribution in [2.75, 3.05) is 25.4 Å². The summed E-state index contributed by atoms with van der Waals surface area (Å²) < 4.78 is 11.4. The second-order valence-corrected chi connectivity index (χ2v) is 10.5. The van der Waals surface area contributed by atoms with Crippen LogP contribution >= 0.6 is 11.8 Å². The molecule has 0 aromatic carbocycles. The van der Waals surface area contributed by atoms with E-state index in [4.69, 9.17) is 14.5 Å². The number of rotatable bonds is 14. The summed E-state index contributed by atoms with van der Waals surface area (Å²) in [4.78, 5) is 17.7. The van der Waals surface area contributed by atoms with Crippen LogP contribution in [0, 0.1) is 17.8 Å². The van der Waals surface area contributed by atoms with Crippen molar-refractivity contribution in [1.29, 1.82) is 0 Å². The molecule has 168 valence electrons. The first kappa shape index (κ1) is 23.7. The lowest BCUT2D eigenvalue weighted by Gasteiger charge is -2.37. The van der Waals surface area contributed by atoms with Crippen molar-refractivity contribution in [2.45, 2.75) is 77.7 Å². The number of thioether (sulfide) groups is 1. The Labute approximate surface area is 186 Å². The van der Waals surface area contributed by atoms with E-state index in [1.54, 1.807) is 14.0 Å². The molecule has 3 rings (SSSR count). The quantitative estimate of drug-likeness (QED) is 0.296. The molecule has 0 spiro atoms. The molecular weight excluding hydrogens is 394 g/mol. The maximum absolute atomic E-state index is 13.0. The largest absolute Gasteiger partial charge is 0.359 e. The second-order valence-electron chi connectivity index (χ2n) is 9.34. The van der Waals surface area contributed by atoms with Gasteiger partial charge in [0.2, 0.25) is 0 Å². The van der Waals surface area contributed by atoms with Gasteiger partial charge in [0.05, 0.1) is 0 Å². The zero-order valence-electron chi connectivity index (χ0n) is 19.2. The van der Waals surface area contributed by atoms with E-state index in [1.807, 2.05) is 18.0 Å². The van der Waals surface area contributed by atoms with Crippen LogP contribution in [0.3, 0.4) is 0 Å². The third-order valence-electron chi connectivity index (χ3n) is 6.90. The minimum absolute atomic E-state index is 0.0758. The summed E-state index contributed by atoms with van der Waals surface area (Å²) in [6.45, 7) is 6.12. The molecule has 1 aromatic heterocycles. The molecule has 1 aromatic rings. The lowest BCUT2D eigenvalue weighted by atomic mass is 9.81. The van der Waals surface area contributed by atoms with Gasteiger partial charge in [0.1, 0.15) is 12.4 Å². The molecule has 0 bridgehead atoms. The fourth-order valence-electron chi connectivity index (χ4n) is 4.82. The summed E-state index contributed by atoms with van der Waals surface area (Å²) >= 11 is 1.90. The standard InChI is InChI=1S/C25H39NO3S/c1-5-12-30-16-18(2)25(19(3)27,29-17-28-4)15-24-23-14-21(9-8-20-6-7-20)13-22(23)10-11-26-24/h10-11,18,20-21H,5-9,12-17H2,1-4H3/t18?,21-,25?/m1/s1. The highest BCUT2D eigenvalue weighted by molar-refractivity contribution is 7.99. The van der Waals surface area contributed by atoms with Gasteiger partial charge in [0, 0.05) is 31.3 Å². The molecule has 0 N–H and O–H groups in total. The second kappa shape index (κ2) is 11.1. The minimum Gasteiger partial charge on any atom is -0.359 e. The number of nitrogens with zero attached hydrogens (tertiary/aromatic N) is 1. The van der Waals surface area contributed by atoms with Crippen molar-refractivity contribution in [3.8, 4) is 0 Å². The zero-order valence-corrected chi connectivity index (χ0v) is 20.1. The fourth-order valence-corrected chi connectivity index (χ4v) is 5.90. The van der Waals surface area contributed by atoms with Crippen LogP contribution in [0.2, 0.25) is 0 Å². The van der Waals surface area contributed by atoms with Gasteiger partial charge >= 0.3 is 0 Å². The highest BCUT2D eigenvalue weighted by atomic mass is 32.2. The van der Waals surface area contributed by atoms with Crippen LogP contribution in [0.25, 0.3) is 0 Å². The molecule has 2 aliphatic carbocycles. The Kier molecular flexibility index (Phi) is 8.79.